The second-order valence-electron chi connectivity index (χ2n) is 5.81. The van der Waals surface area contributed by atoms with Gasteiger partial charge in [0.1, 0.15) is 12.4 Å². The molecule has 0 aliphatic rings. The summed E-state index contributed by atoms with van der Waals surface area (Å²) in [6, 6.07) is 17.8. The molecule has 0 saturated heterocycles. The number of nitrogens with one attached hydrogen (secondary N) is 1. The zero-order valence-electron chi connectivity index (χ0n) is 14.9. The van der Waals surface area contributed by atoms with Gasteiger partial charge in [0.15, 0.2) is 0 Å². The van der Waals surface area contributed by atoms with Crippen molar-refractivity contribution in [3.8, 4) is 0 Å². The van der Waals surface area contributed by atoms with E-state index >= 15 is 0 Å². The fraction of sp³-hybridized carbons (Fsp3) is 0.143. The first kappa shape index (κ1) is 20.0. The maximum Gasteiger partial charge on any atom is 0.339 e. The number of rotatable bonds is 8. The molecule has 3 aromatic rings. The Hall–Kier alpha value is -2.70. The predicted molar refractivity (Wildman–Crippen MR) is 108 cm³/mol. The molecule has 0 fully saturated rings. The summed E-state index contributed by atoms with van der Waals surface area (Å²) in [6.45, 7) is 0.412. The van der Waals surface area contributed by atoms with Crippen LogP contribution in [0.25, 0.3) is 0 Å². The van der Waals surface area contributed by atoms with Gasteiger partial charge in [-0.1, -0.05) is 41.9 Å². The minimum atomic E-state index is -0.459. The van der Waals surface area contributed by atoms with Crippen molar-refractivity contribution >= 4 is 35.2 Å². The van der Waals surface area contributed by atoms with Gasteiger partial charge in [0.05, 0.1) is 24.1 Å². The lowest BCUT2D eigenvalue weighted by Crippen LogP contribution is -2.24. The molecule has 2 aromatic carbocycles. The maximum atomic E-state index is 12.5. The van der Waals surface area contributed by atoms with Gasteiger partial charge in [-0.15, -0.1) is 11.8 Å². The molecule has 0 bridgehead atoms. The van der Waals surface area contributed by atoms with E-state index in [9.17, 15) is 9.59 Å². The summed E-state index contributed by atoms with van der Waals surface area (Å²) in [5.74, 6) is 0.247. The van der Waals surface area contributed by atoms with Gasteiger partial charge < -0.3 is 14.5 Å². The summed E-state index contributed by atoms with van der Waals surface area (Å²) in [5, 5.41) is 3.32. The van der Waals surface area contributed by atoms with Gasteiger partial charge in [-0.25, -0.2) is 4.79 Å². The third-order valence-electron chi connectivity index (χ3n) is 3.82. The lowest BCUT2D eigenvalue weighted by atomic mass is 10.2. The highest BCUT2D eigenvalue weighted by Crippen LogP contribution is 2.24. The Balaban J connectivity index is 1.55. The smallest absolute Gasteiger partial charge is 0.339 e. The van der Waals surface area contributed by atoms with Crippen LogP contribution >= 0.6 is 23.4 Å². The summed E-state index contributed by atoms with van der Waals surface area (Å²) in [4.78, 5) is 25.2. The molecule has 1 heterocycles. The predicted octanol–water partition coefficient (Wildman–Crippen LogP) is 4.70. The minimum Gasteiger partial charge on any atom is -0.467 e. The van der Waals surface area contributed by atoms with Crippen LogP contribution < -0.4 is 5.32 Å². The van der Waals surface area contributed by atoms with Crippen molar-refractivity contribution in [1.29, 1.82) is 0 Å². The Labute approximate surface area is 172 Å². The number of halogens is 1. The number of esters is 1. The molecular formula is C21H18ClNO4S. The third kappa shape index (κ3) is 5.65. The maximum absolute atomic E-state index is 12.5. The first-order chi connectivity index (χ1) is 13.6. The molecule has 1 aromatic heterocycles. The Morgan fingerprint density at radius 2 is 1.82 bits per heavy atom. The number of hydrogen-bond donors (Lipinski definition) is 1. The van der Waals surface area contributed by atoms with Gasteiger partial charge in [0.2, 0.25) is 5.91 Å². The zero-order chi connectivity index (χ0) is 19.8. The van der Waals surface area contributed by atoms with Crippen LogP contribution in [0.1, 0.15) is 21.7 Å². The molecule has 0 unspecified atom stereocenters. The van der Waals surface area contributed by atoms with Gasteiger partial charge in [-0.3, -0.25) is 4.79 Å². The van der Waals surface area contributed by atoms with Crippen LogP contribution in [0.4, 0.5) is 0 Å². The van der Waals surface area contributed by atoms with Crippen molar-refractivity contribution in [1.82, 2.24) is 5.32 Å². The first-order valence-corrected chi connectivity index (χ1v) is 9.91. The van der Waals surface area contributed by atoms with E-state index in [0.717, 1.165) is 5.56 Å². The molecule has 0 saturated carbocycles. The van der Waals surface area contributed by atoms with Gasteiger partial charge in [-0.05, 0) is 30.3 Å². The molecule has 0 spiro atoms. The molecule has 144 valence electrons. The van der Waals surface area contributed by atoms with Crippen molar-refractivity contribution in [2.45, 2.75) is 18.0 Å². The molecule has 1 N–H and O–H groups in total. The van der Waals surface area contributed by atoms with E-state index < -0.39 is 5.97 Å². The molecule has 0 aliphatic carbocycles. The van der Waals surface area contributed by atoms with Crippen molar-refractivity contribution < 1.29 is 18.7 Å². The summed E-state index contributed by atoms with van der Waals surface area (Å²) in [7, 11) is 0. The highest BCUT2D eigenvalue weighted by molar-refractivity contribution is 8.00. The zero-order valence-corrected chi connectivity index (χ0v) is 16.5. The SMILES string of the molecule is O=C(CSc1ccccc1C(=O)OCc1ccccc1Cl)NCc1ccco1. The molecule has 1 amide bonds. The van der Waals surface area contributed by atoms with Crippen molar-refractivity contribution in [3.05, 3.63) is 88.8 Å². The highest BCUT2D eigenvalue weighted by atomic mass is 35.5. The standard InChI is InChI=1S/C21H18ClNO4S/c22-18-9-3-1-6-15(18)13-27-21(25)17-8-2-4-10-19(17)28-14-20(24)23-12-16-7-5-11-26-16/h1-11H,12-14H2,(H,23,24). The summed E-state index contributed by atoms with van der Waals surface area (Å²) in [5.41, 5.74) is 1.15. The van der Waals surface area contributed by atoms with E-state index in [2.05, 4.69) is 5.32 Å². The van der Waals surface area contributed by atoms with Gasteiger partial charge in [0, 0.05) is 15.5 Å². The molecule has 3 rings (SSSR count). The minimum absolute atomic E-state index is 0.0845. The van der Waals surface area contributed by atoms with E-state index in [1.807, 2.05) is 18.2 Å². The fourth-order valence-corrected chi connectivity index (χ4v) is 3.45. The van der Waals surface area contributed by atoms with Crippen molar-refractivity contribution in [2.24, 2.45) is 0 Å². The lowest BCUT2D eigenvalue weighted by Gasteiger charge is -2.10. The second-order valence-corrected chi connectivity index (χ2v) is 7.23. The Bertz CT molecular complexity index is 943. The Morgan fingerprint density at radius 1 is 1.04 bits per heavy atom. The lowest BCUT2D eigenvalue weighted by molar-refractivity contribution is -0.118. The van der Waals surface area contributed by atoms with Gasteiger partial charge in [0.25, 0.3) is 0 Å². The average Bonchev–Trinajstić information content (AvgIpc) is 3.24. The van der Waals surface area contributed by atoms with E-state index in [1.54, 1.807) is 48.7 Å². The highest BCUT2D eigenvalue weighted by Gasteiger charge is 2.15. The normalized spacial score (nSPS) is 10.5. The molecule has 7 heteroatoms. The van der Waals surface area contributed by atoms with Gasteiger partial charge >= 0.3 is 5.97 Å². The number of benzene rings is 2. The molecule has 0 aliphatic heterocycles. The number of furan rings is 1. The van der Waals surface area contributed by atoms with Crippen LogP contribution in [-0.2, 0) is 22.7 Å². The topological polar surface area (TPSA) is 68.5 Å². The van der Waals surface area contributed by atoms with Crippen LogP contribution in [-0.4, -0.2) is 17.6 Å². The van der Waals surface area contributed by atoms with E-state index in [4.69, 9.17) is 20.8 Å². The number of thioether (sulfide) groups is 1. The number of amides is 1. The number of hydrogen-bond acceptors (Lipinski definition) is 5. The van der Waals surface area contributed by atoms with Crippen LogP contribution in [0.2, 0.25) is 5.02 Å². The fourth-order valence-electron chi connectivity index (χ4n) is 2.39. The summed E-state index contributed by atoms with van der Waals surface area (Å²) in [6.07, 6.45) is 1.56. The molecule has 0 radical (unpaired) electrons. The molecule has 0 atom stereocenters. The third-order valence-corrected chi connectivity index (χ3v) is 5.26. The van der Waals surface area contributed by atoms with E-state index in [1.165, 1.54) is 11.8 Å². The average molecular weight is 416 g/mol. The van der Waals surface area contributed by atoms with E-state index in [0.29, 0.717) is 27.8 Å². The van der Waals surface area contributed by atoms with Crippen LogP contribution in [0.3, 0.4) is 0 Å². The first-order valence-electron chi connectivity index (χ1n) is 8.55. The molecule has 5 nitrogen and oxygen atoms in total. The van der Waals surface area contributed by atoms with Crippen molar-refractivity contribution in [3.63, 3.8) is 0 Å². The molecule has 28 heavy (non-hydrogen) atoms. The largest absolute Gasteiger partial charge is 0.467 e. The molecular weight excluding hydrogens is 398 g/mol. The Kier molecular flexibility index (Phi) is 7.17. The van der Waals surface area contributed by atoms with Gasteiger partial charge in [-0.2, -0.15) is 0 Å². The number of carbonyl (C=O) groups excluding carboxylic acids is 2. The van der Waals surface area contributed by atoms with Crippen LogP contribution in [0, 0.1) is 0 Å². The van der Waals surface area contributed by atoms with Crippen molar-refractivity contribution in [2.75, 3.05) is 5.75 Å². The second kappa shape index (κ2) is 10.0. The number of ether oxygens (including phenoxy) is 1. The summed E-state index contributed by atoms with van der Waals surface area (Å²) < 4.78 is 10.6. The van der Waals surface area contributed by atoms with Crippen LogP contribution in [0.5, 0.6) is 0 Å². The monoisotopic (exact) mass is 415 g/mol. The van der Waals surface area contributed by atoms with Crippen LogP contribution in [0.15, 0.2) is 76.2 Å². The Morgan fingerprint density at radius 3 is 2.61 bits per heavy atom. The number of carbonyl (C=O) groups is 2. The quantitative estimate of drug-likeness (QED) is 0.426. The van der Waals surface area contributed by atoms with E-state index in [-0.39, 0.29) is 18.3 Å². The summed E-state index contributed by atoms with van der Waals surface area (Å²) >= 11 is 7.37.